The summed E-state index contributed by atoms with van der Waals surface area (Å²) in [4.78, 5) is 16.5. The van der Waals surface area contributed by atoms with Crippen LogP contribution in [0, 0.1) is 0 Å². The van der Waals surface area contributed by atoms with Crippen molar-refractivity contribution < 1.29 is 9.53 Å². The SMILES string of the molecule is CCS[C@H]1CCC[C@H](NC(=O)c2csc(COC)n2)C1. The number of ether oxygens (including phenoxy) is 1. The third-order valence-electron chi connectivity index (χ3n) is 3.42. The van der Waals surface area contributed by atoms with Crippen molar-refractivity contribution in [2.75, 3.05) is 12.9 Å². The number of aromatic nitrogens is 1. The van der Waals surface area contributed by atoms with Gasteiger partial charge in [-0.2, -0.15) is 11.8 Å². The summed E-state index contributed by atoms with van der Waals surface area (Å²) >= 11 is 3.48. The molecule has 0 bridgehead atoms. The van der Waals surface area contributed by atoms with Gasteiger partial charge in [0.05, 0.1) is 6.61 Å². The Morgan fingerprint density at radius 1 is 1.60 bits per heavy atom. The average molecular weight is 314 g/mol. The van der Waals surface area contributed by atoms with E-state index in [1.165, 1.54) is 24.2 Å². The lowest BCUT2D eigenvalue weighted by atomic mass is 9.95. The summed E-state index contributed by atoms with van der Waals surface area (Å²) < 4.78 is 5.03. The minimum absolute atomic E-state index is 0.0456. The maximum absolute atomic E-state index is 12.2. The second kappa shape index (κ2) is 8.00. The molecule has 1 aromatic heterocycles. The summed E-state index contributed by atoms with van der Waals surface area (Å²) in [6.45, 7) is 2.66. The second-order valence-electron chi connectivity index (χ2n) is 4.97. The van der Waals surface area contributed by atoms with E-state index >= 15 is 0 Å². The van der Waals surface area contributed by atoms with Gasteiger partial charge >= 0.3 is 0 Å². The lowest BCUT2D eigenvalue weighted by Gasteiger charge is -2.29. The maximum Gasteiger partial charge on any atom is 0.270 e. The summed E-state index contributed by atoms with van der Waals surface area (Å²) in [5.41, 5.74) is 0.521. The van der Waals surface area contributed by atoms with Crippen LogP contribution in [-0.4, -0.2) is 35.0 Å². The standard InChI is InChI=1S/C14H22N2O2S2/c1-3-19-11-6-4-5-10(7-11)15-14(17)12-9-20-13(16-12)8-18-2/h9-11H,3-8H2,1-2H3,(H,15,17)/t10-,11-/m0/s1. The molecule has 1 aromatic rings. The van der Waals surface area contributed by atoms with Crippen molar-refractivity contribution >= 4 is 29.0 Å². The van der Waals surface area contributed by atoms with Crippen molar-refractivity contribution in [3.63, 3.8) is 0 Å². The topological polar surface area (TPSA) is 51.2 Å². The van der Waals surface area contributed by atoms with Crippen LogP contribution < -0.4 is 5.32 Å². The van der Waals surface area contributed by atoms with Gasteiger partial charge in [0, 0.05) is 23.8 Å². The third kappa shape index (κ3) is 4.46. The highest BCUT2D eigenvalue weighted by atomic mass is 32.2. The normalized spacial score (nSPS) is 22.7. The van der Waals surface area contributed by atoms with Crippen LogP contribution >= 0.6 is 23.1 Å². The molecule has 112 valence electrons. The van der Waals surface area contributed by atoms with Crippen LogP contribution in [0.4, 0.5) is 0 Å². The van der Waals surface area contributed by atoms with Gasteiger partial charge in [0.15, 0.2) is 0 Å². The molecule has 1 N–H and O–H groups in total. The number of methoxy groups -OCH3 is 1. The second-order valence-corrected chi connectivity index (χ2v) is 7.49. The van der Waals surface area contributed by atoms with E-state index in [-0.39, 0.29) is 5.91 Å². The Balaban J connectivity index is 1.86. The highest BCUT2D eigenvalue weighted by Gasteiger charge is 2.24. The van der Waals surface area contributed by atoms with Crippen molar-refractivity contribution in [3.8, 4) is 0 Å². The van der Waals surface area contributed by atoms with Crippen molar-refractivity contribution in [3.05, 3.63) is 16.1 Å². The number of nitrogens with zero attached hydrogens (tertiary/aromatic N) is 1. The number of nitrogens with one attached hydrogen (secondary N) is 1. The van der Waals surface area contributed by atoms with Crippen molar-refractivity contribution in [2.24, 2.45) is 0 Å². The molecular weight excluding hydrogens is 292 g/mol. The Morgan fingerprint density at radius 3 is 3.20 bits per heavy atom. The summed E-state index contributed by atoms with van der Waals surface area (Å²) in [5.74, 6) is 1.10. The van der Waals surface area contributed by atoms with Gasteiger partial charge in [-0.05, 0) is 25.0 Å². The molecule has 0 radical (unpaired) electrons. The smallest absolute Gasteiger partial charge is 0.270 e. The number of thioether (sulfide) groups is 1. The van der Waals surface area contributed by atoms with Crippen molar-refractivity contribution in [2.45, 2.75) is 50.5 Å². The monoisotopic (exact) mass is 314 g/mol. The number of hydrogen-bond acceptors (Lipinski definition) is 5. The number of carbonyl (C=O) groups excluding carboxylic acids is 1. The number of thiazole rings is 1. The fourth-order valence-corrected chi connectivity index (χ4v) is 4.44. The highest BCUT2D eigenvalue weighted by Crippen LogP contribution is 2.28. The molecule has 0 unspecified atom stereocenters. The zero-order chi connectivity index (χ0) is 14.4. The van der Waals surface area contributed by atoms with Crippen LogP contribution in [0.15, 0.2) is 5.38 Å². The molecule has 1 fully saturated rings. The van der Waals surface area contributed by atoms with Crippen LogP contribution in [0.3, 0.4) is 0 Å². The van der Waals surface area contributed by atoms with E-state index in [4.69, 9.17) is 4.74 Å². The quantitative estimate of drug-likeness (QED) is 0.876. The van der Waals surface area contributed by atoms with Gasteiger partial charge in [-0.15, -0.1) is 11.3 Å². The first-order valence-electron chi connectivity index (χ1n) is 7.08. The van der Waals surface area contributed by atoms with Gasteiger partial charge in [0.1, 0.15) is 10.7 Å². The molecule has 2 rings (SSSR count). The zero-order valence-corrected chi connectivity index (χ0v) is 13.7. The van der Waals surface area contributed by atoms with Gasteiger partial charge in [0.25, 0.3) is 5.91 Å². The zero-order valence-electron chi connectivity index (χ0n) is 12.1. The number of rotatable bonds is 6. The molecule has 1 aliphatic rings. The van der Waals surface area contributed by atoms with E-state index in [1.54, 1.807) is 7.11 Å². The Bertz CT molecular complexity index is 435. The van der Waals surface area contributed by atoms with E-state index in [0.717, 1.165) is 23.6 Å². The Kier molecular flexibility index (Phi) is 6.32. The van der Waals surface area contributed by atoms with Crippen LogP contribution in [0.1, 0.15) is 48.1 Å². The Hall–Kier alpha value is -0.590. The molecule has 0 aromatic carbocycles. The Labute approximate surface area is 128 Å². The van der Waals surface area contributed by atoms with Gasteiger partial charge in [-0.25, -0.2) is 4.98 Å². The molecule has 1 saturated carbocycles. The molecule has 6 heteroatoms. The molecule has 1 aliphatic carbocycles. The lowest BCUT2D eigenvalue weighted by Crippen LogP contribution is -2.39. The van der Waals surface area contributed by atoms with Gasteiger partial charge < -0.3 is 10.1 Å². The summed E-state index contributed by atoms with van der Waals surface area (Å²) in [6, 6.07) is 0.299. The minimum atomic E-state index is -0.0456. The van der Waals surface area contributed by atoms with Crippen molar-refractivity contribution in [1.82, 2.24) is 10.3 Å². The molecule has 4 nitrogen and oxygen atoms in total. The maximum atomic E-state index is 12.2. The number of carbonyl (C=O) groups is 1. The van der Waals surface area contributed by atoms with Crippen LogP contribution in [0.2, 0.25) is 0 Å². The molecule has 1 amide bonds. The summed E-state index contributed by atoms with van der Waals surface area (Å²) in [5, 5.41) is 6.48. The van der Waals surface area contributed by atoms with Gasteiger partial charge in [0.2, 0.25) is 0 Å². The van der Waals surface area contributed by atoms with E-state index in [2.05, 4.69) is 17.2 Å². The fraction of sp³-hybridized carbons (Fsp3) is 0.714. The highest BCUT2D eigenvalue weighted by molar-refractivity contribution is 7.99. The molecular formula is C14H22N2O2S2. The van der Waals surface area contributed by atoms with Crippen LogP contribution in [0.5, 0.6) is 0 Å². The first kappa shape index (κ1) is 15.8. The molecule has 1 heterocycles. The van der Waals surface area contributed by atoms with Crippen LogP contribution in [0.25, 0.3) is 0 Å². The average Bonchev–Trinajstić information content (AvgIpc) is 2.89. The van der Waals surface area contributed by atoms with Crippen molar-refractivity contribution in [1.29, 1.82) is 0 Å². The van der Waals surface area contributed by atoms with E-state index in [0.29, 0.717) is 23.6 Å². The summed E-state index contributed by atoms with van der Waals surface area (Å²) in [7, 11) is 1.63. The molecule has 0 saturated heterocycles. The molecule has 0 spiro atoms. The van der Waals surface area contributed by atoms with Gasteiger partial charge in [-0.1, -0.05) is 13.3 Å². The largest absolute Gasteiger partial charge is 0.378 e. The van der Waals surface area contributed by atoms with Gasteiger partial charge in [-0.3, -0.25) is 4.79 Å². The molecule has 20 heavy (non-hydrogen) atoms. The first-order valence-corrected chi connectivity index (χ1v) is 9.01. The van der Waals surface area contributed by atoms with E-state index < -0.39 is 0 Å². The predicted octanol–water partition coefficient (Wildman–Crippen LogP) is 3.08. The molecule has 2 atom stereocenters. The number of hydrogen-bond donors (Lipinski definition) is 1. The minimum Gasteiger partial charge on any atom is -0.378 e. The fourth-order valence-electron chi connectivity index (χ4n) is 2.53. The van der Waals surface area contributed by atoms with Crippen LogP contribution in [-0.2, 0) is 11.3 Å². The number of amides is 1. The third-order valence-corrected chi connectivity index (χ3v) is 5.47. The lowest BCUT2D eigenvalue weighted by molar-refractivity contribution is 0.0923. The Morgan fingerprint density at radius 2 is 2.45 bits per heavy atom. The van der Waals surface area contributed by atoms with E-state index in [9.17, 15) is 4.79 Å². The first-order chi connectivity index (χ1) is 9.72. The predicted molar refractivity (Wildman–Crippen MR) is 84.5 cm³/mol. The van der Waals surface area contributed by atoms with E-state index in [1.807, 2.05) is 17.1 Å². The molecule has 0 aliphatic heterocycles. The summed E-state index contributed by atoms with van der Waals surface area (Å²) in [6.07, 6.45) is 4.65.